The van der Waals surface area contributed by atoms with Crippen LogP contribution in [0, 0.1) is 0 Å². The van der Waals surface area contributed by atoms with Crippen molar-refractivity contribution in [3.63, 3.8) is 0 Å². The number of nitrogens with one attached hydrogen (secondary N) is 1. The lowest BCUT2D eigenvalue weighted by molar-refractivity contribution is -0.118. The average Bonchev–Trinajstić information content (AvgIpc) is 2.54. The molecule has 6 nitrogen and oxygen atoms in total. The summed E-state index contributed by atoms with van der Waals surface area (Å²) in [5, 5.41) is 2.93. The van der Waals surface area contributed by atoms with Gasteiger partial charge in [-0.1, -0.05) is 23.7 Å². The van der Waals surface area contributed by atoms with Gasteiger partial charge in [0.15, 0.2) is 6.61 Å². The van der Waals surface area contributed by atoms with Crippen molar-refractivity contribution in [2.45, 2.75) is 0 Å². The lowest BCUT2D eigenvalue weighted by atomic mass is 10.2. The zero-order valence-corrected chi connectivity index (χ0v) is 12.5. The smallest absolute Gasteiger partial charge is 0.339 e. The number of hydrogen-bond acceptors (Lipinski definition) is 5. The minimum atomic E-state index is -0.529. The Labute approximate surface area is 132 Å². The maximum atomic E-state index is 11.9. The zero-order chi connectivity index (χ0) is 15.9. The highest BCUT2D eigenvalue weighted by atomic mass is 35.5. The molecular formula is C15H13ClN2O4. The van der Waals surface area contributed by atoms with Crippen molar-refractivity contribution in [2.75, 3.05) is 19.0 Å². The summed E-state index contributed by atoms with van der Waals surface area (Å²) >= 11 is 5.65. The predicted molar refractivity (Wildman–Crippen MR) is 81.2 cm³/mol. The normalized spacial score (nSPS) is 9.91. The molecule has 1 amide bonds. The van der Waals surface area contributed by atoms with Crippen molar-refractivity contribution in [2.24, 2.45) is 0 Å². The van der Waals surface area contributed by atoms with E-state index in [2.05, 4.69) is 15.0 Å². The topological polar surface area (TPSA) is 77.5 Å². The van der Waals surface area contributed by atoms with Gasteiger partial charge in [-0.2, -0.15) is 0 Å². The van der Waals surface area contributed by atoms with Crippen LogP contribution in [-0.4, -0.2) is 30.6 Å². The number of amides is 1. The van der Waals surface area contributed by atoms with E-state index in [0.717, 1.165) is 0 Å². The van der Waals surface area contributed by atoms with Crippen LogP contribution in [-0.2, 0) is 9.53 Å². The van der Waals surface area contributed by atoms with Crippen LogP contribution in [0.5, 0.6) is 5.75 Å². The third kappa shape index (κ3) is 4.20. The van der Waals surface area contributed by atoms with Crippen LogP contribution in [0.3, 0.4) is 0 Å². The number of esters is 1. The maximum Gasteiger partial charge on any atom is 0.339 e. The minimum Gasteiger partial charge on any atom is -0.482 e. The van der Waals surface area contributed by atoms with E-state index in [1.807, 2.05) is 0 Å². The summed E-state index contributed by atoms with van der Waals surface area (Å²) in [5.74, 6) is -0.522. The molecule has 0 radical (unpaired) electrons. The number of pyridine rings is 1. The molecule has 0 aliphatic heterocycles. The van der Waals surface area contributed by atoms with Gasteiger partial charge in [0, 0.05) is 0 Å². The number of aromatic nitrogens is 1. The van der Waals surface area contributed by atoms with Gasteiger partial charge in [0.2, 0.25) is 0 Å². The van der Waals surface area contributed by atoms with Crippen molar-refractivity contribution in [1.29, 1.82) is 0 Å². The summed E-state index contributed by atoms with van der Waals surface area (Å²) in [5.41, 5.74) is 0.628. The first-order valence-electron chi connectivity index (χ1n) is 6.31. The first kappa shape index (κ1) is 15.8. The molecule has 0 aliphatic rings. The number of hydrogen-bond donors (Lipinski definition) is 1. The van der Waals surface area contributed by atoms with E-state index in [-0.39, 0.29) is 12.2 Å². The minimum absolute atomic E-state index is 0.223. The Morgan fingerprint density at radius 1 is 1.23 bits per heavy atom. The van der Waals surface area contributed by atoms with Crippen molar-refractivity contribution in [3.05, 3.63) is 53.3 Å². The third-order valence-electron chi connectivity index (χ3n) is 2.68. The molecule has 0 spiro atoms. The molecule has 2 rings (SSSR count). The number of anilines is 1. The lowest BCUT2D eigenvalue weighted by Crippen LogP contribution is -2.21. The van der Waals surface area contributed by atoms with Crippen LogP contribution >= 0.6 is 11.6 Å². The Hall–Kier alpha value is -2.60. The van der Waals surface area contributed by atoms with Crippen LogP contribution in [0.2, 0.25) is 5.15 Å². The second-order valence-corrected chi connectivity index (χ2v) is 4.58. The number of halogens is 1. The van der Waals surface area contributed by atoms with Crippen molar-refractivity contribution < 1.29 is 19.1 Å². The summed E-state index contributed by atoms with van der Waals surface area (Å²) in [4.78, 5) is 27.3. The van der Waals surface area contributed by atoms with Crippen LogP contribution in [0.1, 0.15) is 10.4 Å². The van der Waals surface area contributed by atoms with E-state index in [4.69, 9.17) is 16.3 Å². The molecule has 0 bridgehead atoms. The first-order valence-corrected chi connectivity index (χ1v) is 6.69. The third-order valence-corrected chi connectivity index (χ3v) is 2.90. The van der Waals surface area contributed by atoms with E-state index in [1.165, 1.54) is 13.3 Å². The fourth-order valence-corrected chi connectivity index (χ4v) is 1.77. The molecule has 0 atom stereocenters. The second kappa shape index (κ2) is 7.42. The van der Waals surface area contributed by atoms with Gasteiger partial charge in [-0.25, -0.2) is 9.78 Å². The summed E-state index contributed by atoms with van der Waals surface area (Å²) in [7, 11) is 1.28. The van der Waals surface area contributed by atoms with E-state index in [1.54, 1.807) is 36.4 Å². The highest BCUT2D eigenvalue weighted by molar-refractivity contribution is 6.29. The van der Waals surface area contributed by atoms with Gasteiger partial charge in [-0.3, -0.25) is 4.79 Å². The molecule has 2 aromatic rings. The molecule has 0 unspecified atom stereocenters. The summed E-state index contributed by atoms with van der Waals surface area (Å²) in [6, 6.07) is 9.70. The number of carbonyl (C=O) groups excluding carboxylic acids is 2. The van der Waals surface area contributed by atoms with Gasteiger partial charge in [0.25, 0.3) is 5.91 Å². The molecule has 1 aromatic carbocycles. The molecular weight excluding hydrogens is 308 g/mol. The summed E-state index contributed by atoms with van der Waals surface area (Å²) in [6.07, 6.45) is 1.41. The van der Waals surface area contributed by atoms with Crippen molar-refractivity contribution in [3.8, 4) is 5.75 Å². The van der Waals surface area contributed by atoms with Crippen LogP contribution < -0.4 is 10.1 Å². The van der Waals surface area contributed by atoms with Crippen molar-refractivity contribution in [1.82, 2.24) is 4.98 Å². The van der Waals surface area contributed by atoms with Gasteiger partial charge in [-0.05, 0) is 24.3 Å². The predicted octanol–water partition coefficient (Wildman–Crippen LogP) is 2.54. The Morgan fingerprint density at radius 2 is 2.00 bits per heavy atom. The van der Waals surface area contributed by atoms with Gasteiger partial charge >= 0.3 is 5.97 Å². The summed E-state index contributed by atoms with van der Waals surface area (Å²) in [6.45, 7) is -0.223. The van der Waals surface area contributed by atoms with Crippen LogP contribution in [0.15, 0.2) is 42.6 Å². The molecule has 7 heteroatoms. The quantitative estimate of drug-likeness (QED) is 0.676. The highest BCUT2D eigenvalue weighted by Gasteiger charge is 2.13. The fourth-order valence-electron chi connectivity index (χ4n) is 1.66. The molecule has 114 valence electrons. The Balaban J connectivity index is 1.97. The highest BCUT2D eigenvalue weighted by Crippen LogP contribution is 2.16. The van der Waals surface area contributed by atoms with Crippen LogP contribution in [0.4, 0.5) is 5.69 Å². The lowest BCUT2D eigenvalue weighted by Gasteiger charge is -2.10. The fraction of sp³-hybridized carbons (Fsp3) is 0.133. The molecule has 1 N–H and O–H groups in total. The SMILES string of the molecule is COC(=O)c1ccccc1NC(=O)COc1ccc(Cl)nc1. The molecule has 0 saturated heterocycles. The molecule has 0 saturated carbocycles. The maximum absolute atomic E-state index is 11.9. The van der Waals surface area contributed by atoms with Gasteiger partial charge in [0.1, 0.15) is 10.9 Å². The number of rotatable bonds is 5. The number of nitrogens with zero attached hydrogens (tertiary/aromatic N) is 1. The molecule has 22 heavy (non-hydrogen) atoms. The monoisotopic (exact) mass is 320 g/mol. The number of para-hydroxylation sites is 1. The molecule has 0 aliphatic carbocycles. The molecule has 1 aromatic heterocycles. The number of methoxy groups -OCH3 is 1. The number of carbonyl (C=O) groups is 2. The Morgan fingerprint density at radius 3 is 2.68 bits per heavy atom. The van der Waals surface area contributed by atoms with E-state index in [0.29, 0.717) is 16.6 Å². The van der Waals surface area contributed by atoms with Gasteiger partial charge in [0.05, 0.1) is 24.6 Å². The zero-order valence-electron chi connectivity index (χ0n) is 11.7. The van der Waals surface area contributed by atoms with Crippen LogP contribution in [0.25, 0.3) is 0 Å². The number of benzene rings is 1. The molecule has 1 heterocycles. The first-order chi connectivity index (χ1) is 10.6. The van der Waals surface area contributed by atoms with E-state index >= 15 is 0 Å². The Bertz CT molecular complexity index is 673. The van der Waals surface area contributed by atoms with E-state index < -0.39 is 11.9 Å². The van der Waals surface area contributed by atoms with Crippen molar-refractivity contribution >= 4 is 29.2 Å². The largest absolute Gasteiger partial charge is 0.482 e. The standard InChI is InChI=1S/C15H13ClN2O4/c1-21-15(20)11-4-2-3-5-12(11)18-14(19)9-22-10-6-7-13(16)17-8-10/h2-8H,9H2,1H3,(H,18,19). The second-order valence-electron chi connectivity index (χ2n) is 4.19. The average molecular weight is 321 g/mol. The van der Waals surface area contributed by atoms with E-state index in [9.17, 15) is 9.59 Å². The summed E-state index contributed by atoms with van der Waals surface area (Å²) < 4.78 is 9.93. The molecule has 0 fully saturated rings. The number of ether oxygens (including phenoxy) is 2. The van der Waals surface area contributed by atoms with Gasteiger partial charge < -0.3 is 14.8 Å². The van der Waals surface area contributed by atoms with Gasteiger partial charge in [-0.15, -0.1) is 0 Å². The Kier molecular flexibility index (Phi) is 5.32.